The van der Waals surface area contributed by atoms with Crippen LogP contribution < -0.4 is 0 Å². The largest absolute Gasteiger partial charge is 0.477 e. The molecule has 1 heterocycles. The molecule has 8 heteroatoms. The molecule has 20 heavy (non-hydrogen) atoms. The van der Waals surface area contributed by atoms with Crippen LogP contribution in [0, 0.1) is 10.1 Å². The predicted octanol–water partition coefficient (Wildman–Crippen LogP) is 1.55. The average molecular weight is 303 g/mol. The summed E-state index contributed by atoms with van der Waals surface area (Å²) in [5.41, 5.74) is 0.0904. The smallest absolute Gasteiger partial charge is 0.342 e. The normalized spacial score (nSPS) is 15.4. The molecule has 0 unspecified atom stereocenters. The molecule has 1 saturated heterocycles. The third-order valence-corrected chi connectivity index (χ3v) is 3.00. The molecule has 7 nitrogen and oxygen atoms in total. The minimum atomic E-state index is -1.29. The summed E-state index contributed by atoms with van der Waals surface area (Å²) in [6, 6.07) is 4.24. The zero-order chi connectivity index (χ0) is 13.8. The van der Waals surface area contributed by atoms with Crippen LogP contribution in [-0.2, 0) is 11.3 Å². The lowest BCUT2D eigenvalue weighted by Gasteiger charge is -2.26. The van der Waals surface area contributed by atoms with Gasteiger partial charge in [0.05, 0.1) is 18.1 Å². The molecule has 0 saturated carbocycles. The fourth-order valence-electron chi connectivity index (χ4n) is 2.02. The number of rotatable bonds is 4. The topological polar surface area (TPSA) is 92.9 Å². The van der Waals surface area contributed by atoms with Gasteiger partial charge in [0.15, 0.2) is 0 Å². The van der Waals surface area contributed by atoms with E-state index in [0.717, 1.165) is 18.7 Å². The van der Waals surface area contributed by atoms with E-state index in [1.807, 2.05) is 0 Å². The third-order valence-electron chi connectivity index (χ3n) is 3.00. The second-order valence-electron chi connectivity index (χ2n) is 4.30. The van der Waals surface area contributed by atoms with Gasteiger partial charge in [0.25, 0.3) is 5.69 Å². The van der Waals surface area contributed by atoms with E-state index in [4.69, 9.17) is 9.84 Å². The summed E-state index contributed by atoms with van der Waals surface area (Å²) in [5.74, 6) is -1.29. The van der Waals surface area contributed by atoms with Crippen LogP contribution in [0.3, 0.4) is 0 Å². The van der Waals surface area contributed by atoms with E-state index in [1.165, 1.54) is 12.1 Å². The third kappa shape index (κ3) is 3.89. The van der Waals surface area contributed by atoms with Crippen LogP contribution in [-0.4, -0.2) is 47.2 Å². The van der Waals surface area contributed by atoms with Gasteiger partial charge in [-0.1, -0.05) is 6.07 Å². The van der Waals surface area contributed by atoms with E-state index in [0.29, 0.717) is 19.8 Å². The lowest BCUT2D eigenvalue weighted by Crippen LogP contribution is -2.35. The van der Waals surface area contributed by atoms with E-state index < -0.39 is 10.9 Å². The fourth-order valence-corrected chi connectivity index (χ4v) is 2.02. The molecule has 0 aromatic heterocycles. The van der Waals surface area contributed by atoms with Crippen molar-refractivity contribution in [3.63, 3.8) is 0 Å². The maximum Gasteiger partial charge on any atom is 0.342 e. The van der Waals surface area contributed by atoms with Gasteiger partial charge in [0.1, 0.15) is 5.56 Å². The second-order valence-corrected chi connectivity index (χ2v) is 4.30. The Morgan fingerprint density at radius 2 is 2.05 bits per heavy atom. The number of nitrogens with zero attached hydrogens (tertiary/aromatic N) is 2. The quantitative estimate of drug-likeness (QED) is 0.670. The molecular formula is C12H15ClN2O5. The second kappa shape index (κ2) is 7.18. The van der Waals surface area contributed by atoms with Crippen molar-refractivity contribution in [3.8, 4) is 0 Å². The van der Waals surface area contributed by atoms with Gasteiger partial charge in [-0.15, -0.1) is 12.4 Å². The maximum absolute atomic E-state index is 10.9. The van der Waals surface area contributed by atoms with E-state index in [1.54, 1.807) is 6.07 Å². The summed E-state index contributed by atoms with van der Waals surface area (Å²) in [6.07, 6.45) is 0. The van der Waals surface area contributed by atoms with Gasteiger partial charge in [-0.3, -0.25) is 15.0 Å². The zero-order valence-electron chi connectivity index (χ0n) is 10.7. The molecule has 0 aliphatic carbocycles. The molecule has 0 bridgehead atoms. The number of aromatic carboxylic acids is 1. The minimum Gasteiger partial charge on any atom is -0.477 e. The standard InChI is InChI=1S/C12H14N2O5.ClH/c15-12(16)10-2-1-9(7-11(10)14(17)18)8-13-3-5-19-6-4-13;/h1-2,7H,3-6,8H2,(H,15,16);1H. The molecule has 1 fully saturated rings. The van der Waals surface area contributed by atoms with Crippen LogP contribution in [0.1, 0.15) is 15.9 Å². The zero-order valence-corrected chi connectivity index (χ0v) is 11.5. The van der Waals surface area contributed by atoms with Crippen LogP contribution in [0.25, 0.3) is 0 Å². The number of morpholine rings is 1. The Morgan fingerprint density at radius 1 is 1.40 bits per heavy atom. The minimum absolute atomic E-state index is 0. The van der Waals surface area contributed by atoms with Gasteiger partial charge in [-0.2, -0.15) is 0 Å². The SMILES string of the molecule is Cl.O=C(O)c1ccc(CN2CCOCC2)cc1[N+](=O)[O-]. The summed E-state index contributed by atoms with van der Waals surface area (Å²) in [5, 5.41) is 19.8. The molecule has 0 radical (unpaired) electrons. The summed E-state index contributed by atoms with van der Waals surface area (Å²) < 4.78 is 5.22. The van der Waals surface area contributed by atoms with Gasteiger partial charge >= 0.3 is 5.97 Å². The molecule has 1 aliphatic rings. The number of benzene rings is 1. The summed E-state index contributed by atoms with van der Waals surface area (Å²) in [7, 11) is 0. The van der Waals surface area contributed by atoms with Crippen LogP contribution in [0.4, 0.5) is 5.69 Å². The number of ether oxygens (including phenoxy) is 1. The Morgan fingerprint density at radius 3 is 2.60 bits per heavy atom. The monoisotopic (exact) mass is 302 g/mol. The first kappa shape index (κ1) is 16.4. The number of nitro benzene ring substituents is 1. The van der Waals surface area contributed by atoms with Crippen molar-refractivity contribution < 1.29 is 19.6 Å². The van der Waals surface area contributed by atoms with Crippen LogP contribution in [0.2, 0.25) is 0 Å². The van der Waals surface area contributed by atoms with Crippen molar-refractivity contribution in [2.24, 2.45) is 0 Å². The average Bonchev–Trinajstić information content (AvgIpc) is 2.39. The highest BCUT2D eigenvalue weighted by Gasteiger charge is 2.21. The van der Waals surface area contributed by atoms with Crippen molar-refractivity contribution >= 4 is 24.1 Å². The number of hydrogen-bond acceptors (Lipinski definition) is 5. The Kier molecular flexibility index (Phi) is 5.87. The van der Waals surface area contributed by atoms with E-state index >= 15 is 0 Å². The Labute approximate surface area is 121 Å². The molecule has 0 spiro atoms. The lowest BCUT2D eigenvalue weighted by molar-refractivity contribution is -0.385. The molecule has 0 atom stereocenters. The van der Waals surface area contributed by atoms with Crippen LogP contribution >= 0.6 is 12.4 Å². The van der Waals surface area contributed by atoms with Gasteiger partial charge in [-0.25, -0.2) is 4.79 Å². The maximum atomic E-state index is 10.9. The number of carboxylic acids is 1. The Balaban J connectivity index is 0.00000200. The summed E-state index contributed by atoms with van der Waals surface area (Å²) in [6.45, 7) is 3.40. The predicted molar refractivity (Wildman–Crippen MR) is 73.4 cm³/mol. The molecular weight excluding hydrogens is 288 g/mol. The van der Waals surface area contributed by atoms with E-state index in [9.17, 15) is 14.9 Å². The van der Waals surface area contributed by atoms with Gasteiger partial charge in [0, 0.05) is 25.7 Å². The first-order valence-corrected chi connectivity index (χ1v) is 5.88. The molecule has 2 rings (SSSR count). The van der Waals surface area contributed by atoms with Crippen molar-refractivity contribution in [2.45, 2.75) is 6.54 Å². The fraction of sp³-hybridized carbons (Fsp3) is 0.417. The van der Waals surface area contributed by atoms with Gasteiger partial charge < -0.3 is 9.84 Å². The van der Waals surface area contributed by atoms with Crippen LogP contribution in [0.5, 0.6) is 0 Å². The number of nitro groups is 1. The molecule has 110 valence electrons. The molecule has 1 N–H and O–H groups in total. The Bertz CT molecular complexity index is 503. The molecule has 1 aliphatic heterocycles. The summed E-state index contributed by atoms with van der Waals surface area (Å²) >= 11 is 0. The van der Waals surface area contributed by atoms with E-state index in [-0.39, 0.29) is 23.7 Å². The highest BCUT2D eigenvalue weighted by Crippen LogP contribution is 2.21. The first-order chi connectivity index (χ1) is 9.08. The van der Waals surface area contributed by atoms with Crippen molar-refractivity contribution in [1.29, 1.82) is 0 Å². The highest BCUT2D eigenvalue weighted by molar-refractivity contribution is 5.92. The molecule has 1 aromatic rings. The van der Waals surface area contributed by atoms with Crippen molar-refractivity contribution in [2.75, 3.05) is 26.3 Å². The molecule has 1 aromatic carbocycles. The Hall–Kier alpha value is -1.70. The summed E-state index contributed by atoms with van der Waals surface area (Å²) in [4.78, 5) is 23.2. The van der Waals surface area contributed by atoms with Crippen molar-refractivity contribution in [1.82, 2.24) is 4.90 Å². The number of carbonyl (C=O) groups is 1. The number of hydrogen-bond donors (Lipinski definition) is 1. The molecule has 0 amide bonds. The van der Waals surface area contributed by atoms with Gasteiger partial charge in [0.2, 0.25) is 0 Å². The van der Waals surface area contributed by atoms with E-state index in [2.05, 4.69) is 4.90 Å². The van der Waals surface area contributed by atoms with Gasteiger partial charge in [-0.05, 0) is 11.6 Å². The van der Waals surface area contributed by atoms with Crippen molar-refractivity contribution in [3.05, 3.63) is 39.4 Å². The first-order valence-electron chi connectivity index (χ1n) is 5.88. The highest BCUT2D eigenvalue weighted by atomic mass is 35.5. The number of carboxylic acid groups (broad SMARTS) is 1. The van der Waals surface area contributed by atoms with Crippen LogP contribution in [0.15, 0.2) is 18.2 Å². The number of halogens is 1. The lowest BCUT2D eigenvalue weighted by atomic mass is 10.1.